The van der Waals surface area contributed by atoms with Crippen LogP contribution < -0.4 is 19.3 Å². The number of benzene rings is 3. The number of rotatable bonds is 9. The summed E-state index contributed by atoms with van der Waals surface area (Å²) in [4.78, 5) is 15.3. The highest BCUT2D eigenvalue weighted by molar-refractivity contribution is 7.92. The van der Waals surface area contributed by atoms with E-state index in [0.717, 1.165) is 35.1 Å². The lowest BCUT2D eigenvalue weighted by Crippen LogP contribution is -2.41. The molecular weight excluding hydrogens is 486 g/mol. The maximum atomic E-state index is 12.9. The average molecular weight is 522 g/mol. The predicted octanol–water partition coefficient (Wildman–Crippen LogP) is 5.36. The number of carbonyl (C=O) groups excluding carboxylic acids is 1. The van der Waals surface area contributed by atoms with Crippen LogP contribution in [0.5, 0.6) is 11.5 Å². The number of para-hydroxylation sites is 1. The van der Waals surface area contributed by atoms with E-state index >= 15 is 0 Å². The first kappa shape index (κ1) is 26.5. The van der Waals surface area contributed by atoms with Crippen LogP contribution in [0.25, 0.3) is 0 Å². The molecule has 1 N–H and O–H groups in total. The summed E-state index contributed by atoms with van der Waals surface area (Å²) in [7, 11) is -3.68. The highest BCUT2D eigenvalue weighted by Crippen LogP contribution is 2.27. The summed E-state index contributed by atoms with van der Waals surface area (Å²) in [6.45, 7) is 6.01. The summed E-state index contributed by atoms with van der Waals surface area (Å²) in [6, 6.07) is 23.9. The lowest BCUT2D eigenvalue weighted by atomic mass is 9.98. The summed E-state index contributed by atoms with van der Waals surface area (Å²) in [5.74, 6) is 1.65. The minimum absolute atomic E-state index is 0.258. The lowest BCUT2D eigenvalue weighted by molar-refractivity contribution is -0.120. The number of hydrogen-bond acceptors (Lipinski definition) is 5. The molecule has 1 fully saturated rings. The van der Waals surface area contributed by atoms with E-state index in [2.05, 4.69) is 29.3 Å². The van der Waals surface area contributed by atoms with Gasteiger partial charge in [-0.05, 0) is 79.8 Å². The van der Waals surface area contributed by atoms with Crippen molar-refractivity contribution < 1.29 is 17.9 Å². The molecular formula is C29H35N3O4S. The monoisotopic (exact) mass is 521 g/mol. The number of ether oxygens (including phenoxy) is 1. The SMILES string of the molecule is CC1CCN(c2ccc(C(C)NC(=O)CN(c3ccc(Oc4ccccc4)cc3)S(C)(=O)=O)cc2)CC1. The van der Waals surface area contributed by atoms with Gasteiger partial charge in [-0.25, -0.2) is 8.42 Å². The van der Waals surface area contributed by atoms with Gasteiger partial charge in [-0.15, -0.1) is 0 Å². The van der Waals surface area contributed by atoms with Gasteiger partial charge in [0.2, 0.25) is 15.9 Å². The largest absolute Gasteiger partial charge is 0.457 e. The van der Waals surface area contributed by atoms with E-state index in [9.17, 15) is 13.2 Å². The molecule has 1 saturated heterocycles. The van der Waals surface area contributed by atoms with Gasteiger partial charge in [0.1, 0.15) is 18.0 Å². The fraction of sp³-hybridized carbons (Fsp3) is 0.345. The third-order valence-electron chi connectivity index (χ3n) is 6.71. The molecule has 0 aromatic heterocycles. The standard InChI is InChI=1S/C29H35N3O4S/c1-22-17-19-31(20-18-22)25-11-9-24(10-12-25)23(2)30-29(33)21-32(37(3,34)35)26-13-15-28(16-14-26)36-27-7-5-4-6-8-27/h4-16,22-23H,17-21H2,1-3H3,(H,30,33). The molecule has 1 heterocycles. The summed E-state index contributed by atoms with van der Waals surface area (Å²) < 4.78 is 31.9. The topological polar surface area (TPSA) is 79.0 Å². The van der Waals surface area contributed by atoms with Crippen molar-refractivity contribution in [1.82, 2.24) is 5.32 Å². The van der Waals surface area contributed by atoms with Gasteiger partial charge in [0.25, 0.3) is 0 Å². The second-order valence-electron chi connectivity index (χ2n) is 9.73. The Morgan fingerprint density at radius 2 is 1.57 bits per heavy atom. The zero-order chi connectivity index (χ0) is 26.4. The van der Waals surface area contributed by atoms with E-state index in [0.29, 0.717) is 17.2 Å². The molecule has 0 radical (unpaired) electrons. The predicted molar refractivity (Wildman–Crippen MR) is 149 cm³/mol. The van der Waals surface area contributed by atoms with E-state index in [1.807, 2.05) is 49.4 Å². The van der Waals surface area contributed by atoms with Gasteiger partial charge in [0.05, 0.1) is 18.0 Å². The van der Waals surface area contributed by atoms with Crippen molar-refractivity contribution in [1.29, 1.82) is 0 Å². The molecule has 1 aliphatic rings. The van der Waals surface area contributed by atoms with Gasteiger partial charge in [-0.3, -0.25) is 9.10 Å². The van der Waals surface area contributed by atoms with E-state index < -0.39 is 10.0 Å². The van der Waals surface area contributed by atoms with Gasteiger partial charge >= 0.3 is 0 Å². The van der Waals surface area contributed by atoms with Crippen LogP contribution in [-0.4, -0.2) is 40.2 Å². The number of anilines is 2. The zero-order valence-corrected chi connectivity index (χ0v) is 22.4. The highest BCUT2D eigenvalue weighted by Gasteiger charge is 2.22. The van der Waals surface area contributed by atoms with Crippen LogP contribution in [0, 0.1) is 5.92 Å². The molecule has 8 heteroatoms. The van der Waals surface area contributed by atoms with Gasteiger partial charge < -0.3 is 15.0 Å². The van der Waals surface area contributed by atoms with Gasteiger partial charge in [-0.1, -0.05) is 37.3 Å². The maximum Gasteiger partial charge on any atom is 0.241 e. The van der Waals surface area contributed by atoms with Crippen LogP contribution in [0.4, 0.5) is 11.4 Å². The van der Waals surface area contributed by atoms with E-state index in [1.165, 1.54) is 18.5 Å². The Morgan fingerprint density at radius 1 is 0.973 bits per heavy atom. The van der Waals surface area contributed by atoms with Crippen molar-refractivity contribution in [2.75, 3.05) is 35.1 Å². The third kappa shape index (κ3) is 7.26. The van der Waals surface area contributed by atoms with Crippen molar-refractivity contribution in [3.05, 3.63) is 84.4 Å². The van der Waals surface area contributed by atoms with Crippen LogP contribution in [0.3, 0.4) is 0 Å². The second kappa shape index (κ2) is 11.7. The van der Waals surface area contributed by atoms with Crippen molar-refractivity contribution in [2.45, 2.75) is 32.7 Å². The van der Waals surface area contributed by atoms with Crippen LogP contribution in [0.1, 0.15) is 38.3 Å². The van der Waals surface area contributed by atoms with E-state index in [1.54, 1.807) is 24.3 Å². The minimum Gasteiger partial charge on any atom is -0.457 e. The minimum atomic E-state index is -3.68. The molecule has 0 saturated carbocycles. The molecule has 196 valence electrons. The number of nitrogens with one attached hydrogen (secondary N) is 1. The summed E-state index contributed by atoms with van der Waals surface area (Å²) in [5, 5.41) is 2.93. The quantitative estimate of drug-likeness (QED) is 0.410. The molecule has 3 aromatic carbocycles. The number of sulfonamides is 1. The average Bonchev–Trinajstić information content (AvgIpc) is 2.88. The number of piperidine rings is 1. The molecule has 1 atom stereocenters. The summed E-state index contributed by atoms with van der Waals surface area (Å²) in [5.41, 5.74) is 2.55. The highest BCUT2D eigenvalue weighted by atomic mass is 32.2. The van der Waals surface area contributed by atoms with Gasteiger partial charge in [0.15, 0.2) is 0 Å². The first-order chi connectivity index (χ1) is 17.7. The number of nitrogens with zero attached hydrogens (tertiary/aromatic N) is 2. The zero-order valence-electron chi connectivity index (χ0n) is 21.6. The molecule has 7 nitrogen and oxygen atoms in total. The molecule has 1 aliphatic heterocycles. The third-order valence-corrected chi connectivity index (χ3v) is 7.85. The Balaban J connectivity index is 1.37. The molecule has 3 aromatic rings. The van der Waals surface area contributed by atoms with Crippen molar-refractivity contribution in [3.8, 4) is 11.5 Å². The number of hydrogen-bond donors (Lipinski definition) is 1. The van der Waals surface area contributed by atoms with Crippen LogP contribution in [0.15, 0.2) is 78.9 Å². The summed E-state index contributed by atoms with van der Waals surface area (Å²) >= 11 is 0. The van der Waals surface area contributed by atoms with Gasteiger partial charge in [0, 0.05) is 18.8 Å². The normalized spacial score (nSPS) is 15.2. The molecule has 1 amide bonds. The molecule has 0 aliphatic carbocycles. The second-order valence-corrected chi connectivity index (χ2v) is 11.6. The lowest BCUT2D eigenvalue weighted by Gasteiger charge is -2.32. The molecule has 4 rings (SSSR count). The van der Waals surface area contributed by atoms with Gasteiger partial charge in [-0.2, -0.15) is 0 Å². The van der Waals surface area contributed by atoms with Crippen molar-refractivity contribution in [3.63, 3.8) is 0 Å². The Bertz CT molecular complexity index is 1270. The number of carbonyl (C=O) groups is 1. The Kier molecular flexibility index (Phi) is 8.38. The first-order valence-corrected chi connectivity index (χ1v) is 14.5. The summed E-state index contributed by atoms with van der Waals surface area (Å²) in [6.07, 6.45) is 3.50. The van der Waals surface area contributed by atoms with Crippen LogP contribution in [0.2, 0.25) is 0 Å². The number of amides is 1. The van der Waals surface area contributed by atoms with E-state index in [-0.39, 0.29) is 18.5 Å². The molecule has 1 unspecified atom stereocenters. The first-order valence-electron chi connectivity index (χ1n) is 12.6. The fourth-order valence-corrected chi connectivity index (χ4v) is 5.30. The maximum absolute atomic E-state index is 12.9. The van der Waals surface area contributed by atoms with Crippen LogP contribution >= 0.6 is 0 Å². The fourth-order valence-electron chi connectivity index (χ4n) is 4.45. The molecule has 0 bridgehead atoms. The van der Waals surface area contributed by atoms with Crippen molar-refractivity contribution >= 4 is 27.3 Å². The van der Waals surface area contributed by atoms with Crippen molar-refractivity contribution in [2.24, 2.45) is 5.92 Å². The Hall–Kier alpha value is -3.52. The molecule has 37 heavy (non-hydrogen) atoms. The smallest absolute Gasteiger partial charge is 0.241 e. The van der Waals surface area contributed by atoms with Crippen LogP contribution in [-0.2, 0) is 14.8 Å². The Labute approximate surface area is 220 Å². The Morgan fingerprint density at radius 3 is 2.16 bits per heavy atom. The van der Waals surface area contributed by atoms with E-state index in [4.69, 9.17) is 4.74 Å². The molecule has 0 spiro atoms.